The van der Waals surface area contributed by atoms with Gasteiger partial charge >= 0.3 is 0 Å². The smallest absolute Gasteiger partial charge is 0.228 e. The summed E-state index contributed by atoms with van der Waals surface area (Å²) >= 11 is 0. The van der Waals surface area contributed by atoms with Gasteiger partial charge < -0.3 is 25.0 Å². The van der Waals surface area contributed by atoms with Crippen molar-refractivity contribution >= 4 is 5.91 Å². The van der Waals surface area contributed by atoms with Crippen molar-refractivity contribution in [2.45, 2.75) is 31.0 Å². The van der Waals surface area contributed by atoms with Gasteiger partial charge in [0, 0.05) is 49.0 Å². The number of benzene rings is 2. The van der Waals surface area contributed by atoms with E-state index in [1.165, 1.54) is 12.1 Å². The molecule has 7 nitrogen and oxygen atoms in total. The summed E-state index contributed by atoms with van der Waals surface area (Å²) in [6, 6.07) is 16.0. The van der Waals surface area contributed by atoms with Gasteiger partial charge in [-0.25, -0.2) is 9.37 Å². The molecule has 8 heteroatoms. The molecule has 5 rings (SSSR count). The normalized spacial score (nSPS) is 24.9. The average molecular weight is 465 g/mol. The lowest BCUT2D eigenvalue weighted by atomic mass is 9.95. The van der Waals surface area contributed by atoms with Crippen LogP contribution in [0.5, 0.6) is 0 Å². The first kappa shape index (κ1) is 22.7. The van der Waals surface area contributed by atoms with Crippen molar-refractivity contribution in [3.63, 3.8) is 0 Å². The number of aliphatic hydroxyl groups is 1. The Morgan fingerprint density at radius 3 is 2.62 bits per heavy atom. The van der Waals surface area contributed by atoms with Gasteiger partial charge in [0.15, 0.2) is 0 Å². The molecule has 1 aromatic heterocycles. The van der Waals surface area contributed by atoms with Crippen LogP contribution in [-0.4, -0.2) is 64.3 Å². The molecule has 1 aliphatic carbocycles. The Morgan fingerprint density at radius 2 is 1.88 bits per heavy atom. The first-order chi connectivity index (χ1) is 16.6. The fourth-order valence-electron chi connectivity index (χ4n) is 5.02. The van der Waals surface area contributed by atoms with Crippen molar-refractivity contribution in [2.24, 2.45) is 5.92 Å². The number of rotatable bonds is 6. The summed E-state index contributed by atoms with van der Waals surface area (Å²) in [5, 5.41) is 14.9. The Bertz CT molecular complexity index is 1100. The number of hydrogen-bond acceptors (Lipinski definition) is 5. The van der Waals surface area contributed by atoms with Gasteiger partial charge in [-0.15, -0.1) is 0 Å². The summed E-state index contributed by atoms with van der Waals surface area (Å²) in [5.74, 6) is -0.435. The standard InChI is InChI=1S/C26H29FN4O3/c27-19-8-6-17(7-9-19)15-28-21-14-20(26(33)31-10-12-34-13-11-31)24(32)23(21)22-16-29-25(30-22)18-4-2-1-3-5-18/h1-9,16,20-21,23-24,28,32H,10-15H2,(H,29,30)/t20-,21+,23+,24+/m0/s1. The van der Waals surface area contributed by atoms with Gasteiger partial charge in [-0.2, -0.15) is 0 Å². The molecule has 34 heavy (non-hydrogen) atoms. The summed E-state index contributed by atoms with van der Waals surface area (Å²) in [5.41, 5.74) is 2.69. The van der Waals surface area contributed by atoms with Crippen molar-refractivity contribution in [1.82, 2.24) is 20.2 Å². The number of hydrogen-bond donors (Lipinski definition) is 3. The Labute approximate surface area is 198 Å². The lowest BCUT2D eigenvalue weighted by Crippen LogP contribution is -2.45. The summed E-state index contributed by atoms with van der Waals surface area (Å²) in [6.45, 7) is 2.63. The third-order valence-electron chi connectivity index (χ3n) is 6.84. The SMILES string of the molecule is O=C([C@H]1C[C@@H](NCc2ccc(F)cc2)[C@H](c2cnc(-c3ccccc3)[nH]2)[C@@H]1O)N1CCOCC1. The number of aromatic nitrogens is 2. The number of nitrogens with zero attached hydrogens (tertiary/aromatic N) is 2. The van der Waals surface area contributed by atoms with Crippen LogP contribution >= 0.6 is 0 Å². The predicted molar refractivity (Wildman–Crippen MR) is 125 cm³/mol. The highest BCUT2D eigenvalue weighted by Crippen LogP contribution is 2.40. The highest BCUT2D eigenvalue weighted by Gasteiger charge is 2.48. The van der Waals surface area contributed by atoms with Gasteiger partial charge in [0.1, 0.15) is 11.6 Å². The van der Waals surface area contributed by atoms with Gasteiger partial charge in [0.05, 0.1) is 25.2 Å². The van der Waals surface area contributed by atoms with Gasteiger partial charge in [-0.3, -0.25) is 4.79 Å². The molecule has 0 bridgehead atoms. The summed E-state index contributed by atoms with van der Waals surface area (Å²) in [7, 11) is 0. The molecule has 2 aromatic carbocycles. The van der Waals surface area contributed by atoms with Crippen molar-refractivity contribution in [2.75, 3.05) is 26.3 Å². The van der Waals surface area contributed by atoms with Crippen molar-refractivity contribution in [3.8, 4) is 11.4 Å². The Hall–Kier alpha value is -3.07. The highest BCUT2D eigenvalue weighted by molar-refractivity contribution is 5.80. The van der Waals surface area contributed by atoms with Crippen molar-refractivity contribution in [1.29, 1.82) is 0 Å². The van der Waals surface area contributed by atoms with E-state index in [1.807, 2.05) is 30.3 Å². The van der Waals surface area contributed by atoms with Crippen LogP contribution in [0.25, 0.3) is 11.4 Å². The second-order valence-corrected chi connectivity index (χ2v) is 8.96. The molecule has 0 spiro atoms. The van der Waals surface area contributed by atoms with Crippen LogP contribution in [-0.2, 0) is 16.1 Å². The van der Waals surface area contributed by atoms with Crippen LogP contribution < -0.4 is 5.32 Å². The molecule has 3 aromatic rings. The number of carbonyl (C=O) groups excluding carboxylic acids is 1. The lowest BCUT2D eigenvalue weighted by molar-refractivity contribution is -0.142. The largest absolute Gasteiger partial charge is 0.392 e. The minimum absolute atomic E-state index is 0.0327. The maximum atomic E-state index is 13.3. The number of amides is 1. The fourth-order valence-corrected chi connectivity index (χ4v) is 5.02. The molecule has 178 valence electrons. The molecule has 1 aliphatic heterocycles. The first-order valence-electron chi connectivity index (χ1n) is 11.7. The van der Waals surface area contributed by atoms with E-state index < -0.39 is 12.0 Å². The second kappa shape index (κ2) is 10.0. The van der Waals surface area contributed by atoms with Crippen molar-refractivity contribution < 1.29 is 19.0 Å². The number of H-pyrrole nitrogens is 1. The number of aromatic amines is 1. The number of imidazole rings is 1. The maximum Gasteiger partial charge on any atom is 0.228 e. The van der Waals surface area contributed by atoms with E-state index in [9.17, 15) is 14.3 Å². The van der Waals surface area contributed by atoms with Gasteiger partial charge in [-0.05, 0) is 24.1 Å². The topological polar surface area (TPSA) is 90.5 Å². The number of carbonyl (C=O) groups is 1. The molecule has 1 saturated heterocycles. The molecular formula is C26H29FN4O3. The van der Waals surface area contributed by atoms with Crippen LogP contribution in [0.15, 0.2) is 60.8 Å². The van der Waals surface area contributed by atoms with Crippen LogP contribution in [0.1, 0.15) is 23.6 Å². The van der Waals surface area contributed by atoms with Crippen LogP contribution in [0.4, 0.5) is 4.39 Å². The zero-order chi connectivity index (χ0) is 23.5. The molecule has 2 aliphatic rings. The molecule has 0 unspecified atom stereocenters. The van der Waals surface area contributed by atoms with Crippen LogP contribution in [0.3, 0.4) is 0 Å². The van der Waals surface area contributed by atoms with E-state index in [1.54, 1.807) is 23.2 Å². The summed E-state index contributed by atoms with van der Waals surface area (Å²) in [4.78, 5) is 23.0. The second-order valence-electron chi connectivity index (χ2n) is 8.96. The number of ether oxygens (including phenoxy) is 1. The Morgan fingerprint density at radius 1 is 1.15 bits per heavy atom. The lowest BCUT2D eigenvalue weighted by Gasteiger charge is -2.30. The Balaban J connectivity index is 1.39. The molecule has 4 atom stereocenters. The number of nitrogens with one attached hydrogen (secondary N) is 2. The summed E-state index contributed by atoms with van der Waals surface area (Å²) in [6.07, 6.45) is 1.40. The minimum atomic E-state index is -0.856. The van der Waals surface area contributed by atoms with Gasteiger partial charge in [-0.1, -0.05) is 42.5 Å². The van der Waals surface area contributed by atoms with E-state index in [0.29, 0.717) is 39.3 Å². The molecule has 1 amide bonds. The van der Waals surface area contributed by atoms with E-state index in [2.05, 4.69) is 15.3 Å². The van der Waals surface area contributed by atoms with Crippen LogP contribution in [0.2, 0.25) is 0 Å². The molecular weight excluding hydrogens is 435 g/mol. The van der Waals surface area contributed by atoms with E-state index in [-0.39, 0.29) is 23.7 Å². The van der Waals surface area contributed by atoms with E-state index in [0.717, 1.165) is 22.6 Å². The quantitative estimate of drug-likeness (QED) is 0.522. The zero-order valence-corrected chi connectivity index (χ0v) is 18.9. The third-order valence-corrected chi connectivity index (χ3v) is 6.84. The van der Waals surface area contributed by atoms with Crippen molar-refractivity contribution in [3.05, 3.63) is 77.9 Å². The fraction of sp³-hybridized carbons (Fsp3) is 0.385. The Kier molecular flexibility index (Phi) is 6.71. The molecule has 1 saturated carbocycles. The van der Waals surface area contributed by atoms with Gasteiger partial charge in [0.25, 0.3) is 0 Å². The molecule has 2 heterocycles. The molecule has 0 radical (unpaired) electrons. The molecule has 2 fully saturated rings. The maximum absolute atomic E-state index is 13.3. The zero-order valence-electron chi connectivity index (χ0n) is 18.9. The highest BCUT2D eigenvalue weighted by atomic mass is 19.1. The number of halogens is 1. The van der Waals surface area contributed by atoms with E-state index in [4.69, 9.17) is 4.74 Å². The third kappa shape index (κ3) is 4.75. The summed E-state index contributed by atoms with van der Waals surface area (Å²) < 4.78 is 18.7. The van der Waals surface area contributed by atoms with Crippen LogP contribution in [0, 0.1) is 11.7 Å². The first-order valence-corrected chi connectivity index (χ1v) is 11.7. The number of morpholine rings is 1. The molecule has 3 N–H and O–H groups in total. The minimum Gasteiger partial charge on any atom is -0.392 e. The predicted octanol–water partition coefficient (Wildman–Crippen LogP) is 2.70. The monoisotopic (exact) mass is 464 g/mol. The number of aliphatic hydroxyl groups excluding tert-OH is 1. The van der Waals surface area contributed by atoms with Gasteiger partial charge in [0.2, 0.25) is 5.91 Å². The average Bonchev–Trinajstić information content (AvgIpc) is 3.49. The van der Waals surface area contributed by atoms with E-state index >= 15 is 0 Å².